The minimum Gasteiger partial charge on any atom is -0.455 e. The Morgan fingerprint density at radius 2 is 2.04 bits per heavy atom. The van der Waals surface area contributed by atoms with Crippen LogP contribution in [0.15, 0.2) is 18.2 Å². The molecule has 7 nitrogen and oxygen atoms in total. The van der Waals surface area contributed by atoms with Gasteiger partial charge in [0.1, 0.15) is 0 Å². The quantitative estimate of drug-likeness (QED) is 0.697. The molecule has 0 atom stereocenters. The molecule has 0 aromatic heterocycles. The smallest absolute Gasteiger partial charge is 0.310 e. The van der Waals surface area contributed by atoms with Crippen LogP contribution in [0.1, 0.15) is 5.56 Å². The first-order valence-electron chi connectivity index (χ1n) is 7.20. The third-order valence-corrected chi connectivity index (χ3v) is 4.66. The fourth-order valence-corrected chi connectivity index (χ4v) is 3.20. The van der Waals surface area contributed by atoms with Gasteiger partial charge in [-0.05, 0) is 17.7 Å². The van der Waals surface area contributed by atoms with Crippen molar-refractivity contribution in [2.75, 3.05) is 25.4 Å². The number of rotatable bonds is 7. The lowest BCUT2D eigenvalue weighted by molar-refractivity contribution is -0.147. The molecular formula is C15H14Cl2N2O5S. The second-order valence-electron chi connectivity index (χ2n) is 5.02. The number of carbonyl (C=O) groups is 4. The molecule has 10 heteroatoms. The van der Waals surface area contributed by atoms with E-state index >= 15 is 0 Å². The third kappa shape index (κ3) is 5.91. The number of hydrogen-bond donors (Lipinski definition) is 1. The number of halogens is 2. The van der Waals surface area contributed by atoms with E-state index in [0.717, 1.165) is 16.7 Å². The highest BCUT2D eigenvalue weighted by Crippen LogP contribution is 2.21. The van der Waals surface area contributed by atoms with Crippen LogP contribution < -0.4 is 5.32 Å². The monoisotopic (exact) mass is 404 g/mol. The lowest BCUT2D eigenvalue weighted by Crippen LogP contribution is -2.38. The summed E-state index contributed by atoms with van der Waals surface area (Å²) in [6.45, 7) is -0.275. The van der Waals surface area contributed by atoms with Gasteiger partial charge in [0.05, 0.1) is 12.2 Å². The summed E-state index contributed by atoms with van der Waals surface area (Å²) >= 11 is 12.7. The van der Waals surface area contributed by atoms with Crippen LogP contribution in [0.5, 0.6) is 0 Å². The van der Waals surface area contributed by atoms with Crippen LogP contribution in [0.2, 0.25) is 10.0 Å². The number of carbonyl (C=O) groups excluding carboxylic acids is 4. The van der Waals surface area contributed by atoms with Crippen LogP contribution >= 0.6 is 35.0 Å². The van der Waals surface area contributed by atoms with Gasteiger partial charge in [-0.3, -0.25) is 24.1 Å². The Hall–Kier alpha value is -1.77. The summed E-state index contributed by atoms with van der Waals surface area (Å²) in [5, 5.41) is 2.94. The summed E-state index contributed by atoms with van der Waals surface area (Å²) in [7, 11) is 0. The molecule has 0 bridgehead atoms. The summed E-state index contributed by atoms with van der Waals surface area (Å²) in [5.41, 5.74) is 0.542. The van der Waals surface area contributed by atoms with Gasteiger partial charge in [-0.1, -0.05) is 41.0 Å². The Bertz CT molecular complexity index is 697. The molecule has 0 saturated carbocycles. The van der Waals surface area contributed by atoms with E-state index in [1.165, 1.54) is 6.07 Å². The van der Waals surface area contributed by atoms with Crippen LogP contribution in [0, 0.1) is 0 Å². The maximum Gasteiger partial charge on any atom is 0.310 e. The van der Waals surface area contributed by atoms with E-state index in [1.807, 2.05) is 0 Å². The van der Waals surface area contributed by atoms with Crippen LogP contribution in [0.3, 0.4) is 0 Å². The van der Waals surface area contributed by atoms with Crippen molar-refractivity contribution in [1.82, 2.24) is 10.2 Å². The van der Waals surface area contributed by atoms with Gasteiger partial charge in [0.25, 0.3) is 11.1 Å². The number of hydrogen-bond acceptors (Lipinski definition) is 6. The number of benzene rings is 1. The molecule has 1 saturated heterocycles. The number of esters is 1. The van der Waals surface area contributed by atoms with Crippen LogP contribution in [0.4, 0.5) is 4.79 Å². The van der Waals surface area contributed by atoms with Gasteiger partial charge in [0.2, 0.25) is 5.91 Å². The van der Waals surface area contributed by atoms with E-state index in [4.69, 9.17) is 27.9 Å². The predicted octanol–water partition coefficient (Wildman–Crippen LogP) is 1.89. The van der Waals surface area contributed by atoms with Gasteiger partial charge in [0, 0.05) is 23.1 Å². The third-order valence-electron chi connectivity index (χ3n) is 3.21. The Balaban J connectivity index is 1.68. The zero-order valence-electron chi connectivity index (χ0n) is 12.9. The average Bonchev–Trinajstić information content (AvgIpc) is 2.87. The van der Waals surface area contributed by atoms with Crippen molar-refractivity contribution in [3.05, 3.63) is 33.8 Å². The molecule has 1 aliphatic heterocycles. The lowest BCUT2D eigenvalue weighted by Gasteiger charge is -2.13. The number of nitrogens with one attached hydrogen (secondary N) is 1. The van der Waals surface area contributed by atoms with Gasteiger partial charge < -0.3 is 10.1 Å². The van der Waals surface area contributed by atoms with E-state index in [9.17, 15) is 19.2 Å². The summed E-state index contributed by atoms with van der Waals surface area (Å²) < 4.78 is 4.86. The first kappa shape index (κ1) is 19.6. The van der Waals surface area contributed by atoms with Crippen molar-refractivity contribution in [3.8, 4) is 0 Å². The van der Waals surface area contributed by atoms with Crippen molar-refractivity contribution in [1.29, 1.82) is 0 Å². The Morgan fingerprint density at radius 3 is 2.68 bits per heavy atom. The standard InChI is InChI=1S/C15H14Cl2N2O5S/c16-10-2-1-9(11(17)6-10)5-14(22)24-7-12(20)18-3-4-19-13(21)8-25-15(19)23/h1-2,6H,3-5,7-8H2,(H,18,20). The van der Waals surface area contributed by atoms with Gasteiger partial charge in [-0.2, -0.15) is 0 Å². The zero-order valence-corrected chi connectivity index (χ0v) is 15.2. The van der Waals surface area contributed by atoms with Gasteiger partial charge in [-0.25, -0.2) is 0 Å². The van der Waals surface area contributed by atoms with Crippen molar-refractivity contribution in [2.45, 2.75) is 6.42 Å². The largest absolute Gasteiger partial charge is 0.455 e. The molecular weight excluding hydrogens is 391 g/mol. The van der Waals surface area contributed by atoms with Gasteiger partial charge in [-0.15, -0.1) is 0 Å². The topological polar surface area (TPSA) is 92.8 Å². The molecule has 1 N–H and O–H groups in total. The first-order chi connectivity index (χ1) is 11.9. The summed E-state index contributed by atoms with van der Waals surface area (Å²) in [4.78, 5) is 47.2. The Kier molecular flexibility index (Phi) is 7.10. The second kappa shape index (κ2) is 9.07. The molecule has 1 heterocycles. The molecule has 0 aliphatic carbocycles. The summed E-state index contributed by atoms with van der Waals surface area (Å²) in [6.07, 6.45) is -0.0860. The summed E-state index contributed by atoms with van der Waals surface area (Å²) in [5.74, 6) is -1.30. The molecule has 25 heavy (non-hydrogen) atoms. The van der Waals surface area contributed by atoms with Crippen molar-refractivity contribution < 1.29 is 23.9 Å². The highest BCUT2D eigenvalue weighted by atomic mass is 35.5. The maximum atomic E-state index is 11.7. The van der Waals surface area contributed by atoms with E-state index in [2.05, 4.69) is 5.32 Å². The molecule has 1 aromatic carbocycles. The average molecular weight is 405 g/mol. The molecule has 1 aliphatic rings. The highest BCUT2D eigenvalue weighted by Gasteiger charge is 2.29. The maximum absolute atomic E-state index is 11.7. The minimum atomic E-state index is -0.610. The summed E-state index contributed by atoms with van der Waals surface area (Å²) in [6, 6.07) is 4.72. The molecule has 1 aromatic rings. The fraction of sp³-hybridized carbons (Fsp3) is 0.333. The number of imide groups is 1. The van der Waals surface area contributed by atoms with E-state index in [1.54, 1.807) is 12.1 Å². The van der Waals surface area contributed by atoms with Crippen molar-refractivity contribution in [3.63, 3.8) is 0 Å². The number of amides is 3. The van der Waals surface area contributed by atoms with Crippen molar-refractivity contribution in [2.24, 2.45) is 0 Å². The molecule has 0 radical (unpaired) electrons. The van der Waals surface area contributed by atoms with E-state index in [-0.39, 0.29) is 36.4 Å². The molecule has 3 amide bonds. The number of nitrogens with zero attached hydrogens (tertiary/aromatic N) is 1. The van der Waals surface area contributed by atoms with Crippen molar-refractivity contribution >= 4 is 58.0 Å². The SMILES string of the molecule is O=C(COC(=O)Cc1ccc(Cl)cc1Cl)NCCN1C(=O)CSC1=O. The first-order valence-corrected chi connectivity index (χ1v) is 8.94. The van der Waals surface area contributed by atoms with Crippen LogP contribution in [-0.2, 0) is 25.5 Å². The second-order valence-corrected chi connectivity index (χ2v) is 6.79. The number of thioether (sulfide) groups is 1. The molecule has 1 fully saturated rings. The zero-order chi connectivity index (χ0) is 18.4. The highest BCUT2D eigenvalue weighted by molar-refractivity contribution is 8.14. The van der Waals surface area contributed by atoms with E-state index in [0.29, 0.717) is 15.6 Å². The molecule has 0 unspecified atom stereocenters. The fourth-order valence-electron chi connectivity index (χ4n) is 1.97. The van der Waals surface area contributed by atoms with Crippen LogP contribution in [-0.4, -0.2) is 53.4 Å². The van der Waals surface area contributed by atoms with Gasteiger partial charge >= 0.3 is 5.97 Å². The Morgan fingerprint density at radius 1 is 1.28 bits per heavy atom. The minimum absolute atomic E-state index is 0.0860. The molecule has 134 valence electrons. The predicted molar refractivity (Wildman–Crippen MR) is 93.7 cm³/mol. The normalized spacial score (nSPS) is 13.9. The van der Waals surface area contributed by atoms with E-state index < -0.39 is 18.5 Å². The van der Waals surface area contributed by atoms with Gasteiger partial charge in [0.15, 0.2) is 6.61 Å². The lowest BCUT2D eigenvalue weighted by atomic mass is 10.1. The number of ether oxygens (including phenoxy) is 1. The van der Waals surface area contributed by atoms with Crippen LogP contribution in [0.25, 0.3) is 0 Å². The Labute approximate surface area is 158 Å². The molecule has 2 rings (SSSR count). The molecule has 0 spiro atoms.